The monoisotopic (exact) mass is 853 g/mol. The van der Waals surface area contributed by atoms with Crippen molar-refractivity contribution in [2.75, 3.05) is 0 Å². The second-order valence-corrected chi connectivity index (χ2v) is 18.8. The average Bonchev–Trinajstić information content (AvgIpc) is 3.67. The number of aromatic nitrogens is 1. The van der Waals surface area contributed by atoms with Gasteiger partial charge in [-0.05, 0) is 124 Å². The molecule has 14 rings (SSSR count). The number of hydrogen-bond acceptors (Lipinski definition) is 2. The Morgan fingerprint density at radius 3 is 1.35 bits per heavy atom. The normalized spacial score (nSPS) is 13.2. The lowest BCUT2D eigenvalue weighted by molar-refractivity contribution is 0.723. The highest BCUT2D eigenvalue weighted by Gasteiger charge is 2.50. The molecule has 1 nitrogen and oxygen atoms in total. The van der Waals surface area contributed by atoms with Crippen molar-refractivity contribution in [1.29, 1.82) is 0 Å². The summed E-state index contributed by atoms with van der Waals surface area (Å²) in [6, 6.07) is 87.6. The Morgan fingerprint density at radius 1 is 0.288 bits per heavy atom. The van der Waals surface area contributed by atoms with E-state index in [4.69, 9.17) is 4.98 Å². The molecule has 0 radical (unpaired) electrons. The van der Waals surface area contributed by atoms with E-state index in [2.05, 4.69) is 237 Å². The molecule has 0 saturated carbocycles. The van der Waals surface area contributed by atoms with Crippen LogP contribution in [0.3, 0.4) is 0 Å². The van der Waals surface area contributed by atoms with Crippen molar-refractivity contribution in [3.05, 3.63) is 259 Å². The lowest BCUT2D eigenvalue weighted by Gasteiger charge is -2.39. The van der Waals surface area contributed by atoms with E-state index >= 15 is 0 Å². The molecule has 0 saturated heterocycles. The smallest absolute Gasteiger partial charge is 0.0788 e. The van der Waals surface area contributed by atoms with E-state index in [-0.39, 0.29) is 0 Å². The van der Waals surface area contributed by atoms with Crippen molar-refractivity contribution in [2.24, 2.45) is 0 Å². The first-order valence-electron chi connectivity index (χ1n) is 22.8. The van der Waals surface area contributed by atoms with Gasteiger partial charge >= 0.3 is 0 Å². The fourth-order valence-electron chi connectivity index (χ4n) is 11.5. The molecule has 2 aliphatic rings. The van der Waals surface area contributed by atoms with Gasteiger partial charge in [-0.25, -0.2) is 4.98 Å². The molecular formula is C64H39NS. The third kappa shape index (κ3) is 5.34. The third-order valence-electron chi connectivity index (χ3n) is 14.3. The summed E-state index contributed by atoms with van der Waals surface area (Å²) in [7, 11) is 0. The van der Waals surface area contributed by atoms with Gasteiger partial charge in [0.25, 0.3) is 0 Å². The molecule has 1 aliphatic heterocycles. The molecule has 0 N–H and O–H groups in total. The van der Waals surface area contributed by atoms with Crippen LogP contribution in [-0.2, 0) is 5.41 Å². The molecule has 11 aromatic carbocycles. The van der Waals surface area contributed by atoms with Gasteiger partial charge in [0.05, 0.1) is 16.6 Å². The lowest BCUT2D eigenvalue weighted by Crippen LogP contribution is -2.31. The standard InChI is InChI=1S/C64H39NS/c1-2-16-40(17-3-1)41-30-32-42(33-31-41)61-47-20-4-6-22-49(47)62(50-23-7-5-21-48(50)61)43-34-36-44(37-35-43)63-53-38-52-45-18-8-10-24-54(45)64(57(52)39-51(53)46-19-9-13-27-58(46)65-63)55-25-11-14-28-59(55)66-60-29-15-12-26-56(60)64/h1-39H. The molecule has 66 heavy (non-hydrogen) atoms. The summed E-state index contributed by atoms with van der Waals surface area (Å²) in [6.45, 7) is 0. The summed E-state index contributed by atoms with van der Waals surface area (Å²) in [6.07, 6.45) is 0. The van der Waals surface area contributed by atoms with Gasteiger partial charge in [0.2, 0.25) is 0 Å². The Kier molecular flexibility index (Phi) is 8.20. The number of para-hydroxylation sites is 1. The van der Waals surface area contributed by atoms with Crippen LogP contribution < -0.4 is 0 Å². The predicted octanol–water partition coefficient (Wildman–Crippen LogP) is 17.2. The summed E-state index contributed by atoms with van der Waals surface area (Å²) in [4.78, 5) is 8.12. The van der Waals surface area contributed by atoms with Gasteiger partial charge in [0.15, 0.2) is 0 Å². The zero-order chi connectivity index (χ0) is 43.3. The van der Waals surface area contributed by atoms with Gasteiger partial charge < -0.3 is 0 Å². The summed E-state index contributed by atoms with van der Waals surface area (Å²) in [5.74, 6) is 0. The topological polar surface area (TPSA) is 12.9 Å². The Hall–Kier alpha value is -8.04. The second-order valence-electron chi connectivity index (χ2n) is 17.7. The van der Waals surface area contributed by atoms with Crippen molar-refractivity contribution in [2.45, 2.75) is 15.2 Å². The van der Waals surface area contributed by atoms with E-state index < -0.39 is 5.41 Å². The zero-order valence-electron chi connectivity index (χ0n) is 35.9. The first-order chi connectivity index (χ1) is 32.7. The maximum atomic E-state index is 5.50. The van der Waals surface area contributed by atoms with Gasteiger partial charge in [-0.15, -0.1) is 0 Å². The molecule has 2 heterocycles. The minimum absolute atomic E-state index is 0.447. The van der Waals surface area contributed by atoms with Gasteiger partial charge in [-0.2, -0.15) is 0 Å². The molecule has 2 heteroatoms. The van der Waals surface area contributed by atoms with Crippen LogP contribution >= 0.6 is 11.8 Å². The predicted molar refractivity (Wildman–Crippen MR) is 277 cm³/mol. The van der Waals surface area contributed by atoms with Gasteiger partial charge in [-0.3, -0.25) is 0 Å². The summed E-state index contributed by atoms with van der Waals surface area (Å²) in [5.41, 5.74) is 18.0. The SMILES string of the molecule is c1ccc(-c2ccc(-c3c4ccccc4c(-c4ccc(-c5nc6ccccc6c6cc7c(cc56)-c5ccccc5C75c6ccccc6Sc6ccccc65)cc4)c4ccccc34)cc2)cc1. The van der Waals surface area contributed by atoms with Gasteiger partial charge in [0, 0.05) is 26.1 Å². The highest BCUT2D eigenvalue weighted by atomic mass is 32.2. The summed E-state index contributed by atoms with van der Waals surface area (Å²) >= 11 is 1.89. The van der Waals surface area contributed by atoms with Crippen molar-refractivity contribution in [1.82, 2.24) is 4.98 Å². The Morgan fingerprint density at radius 2 is 0.742 bits per heavy atom. The molecule has 0 bridgehead atoms. The van der Waals surface area contributed by atoms with Gasteiger partial charge in [-0.1, -0.05) is 218 Å². The molecule has 1 spiro atoms. The largest absolute Gasteiger partial charge is 0.247 e. The van der Waals surface area contributed by atoms with Crippen molar-refractivity contribution < 1.29 is 0 Å². The number of pyridine rings is 1. The lowest BCUT2D eigenvalue weighted by atomic mass is 9.67. The third-order valence-corrected chi connectivity index (χ3v) is 15.5. The summed E-state index contributed by atoms with van der Waals surface area (Å²) in [5, 5.41) is 8.54. The van der Waals surface area contributed by atoms with Crippen LogP contribution in [0, 0.1) is 0 Å². The van der Waals surface area contributed by atoms with Crippen LogP contribution in [0.5, 0.6) is 0 Å². The van der Waals surface area contributed by atoms with Crippen LogP contribution in [-0.4, -0.2) is 4.98 Å². The van der Waals surface area contributed by atoms with E-state index in [9.17, 15) is 0 Å². The highest BCUT2D eigenvalue weighted by molar-refractivity contribution is 7.99. The van der Waals surface area contributed by atoms with Crippen LogP contribution in [0.4, 0.5) is 0 Å². The number of benzene rings is 11. The minimum Gasteiger partial charge on any atom is -0.247 e. The zero-order valence-corrected chi connectivity index (χ0v) is 36.7. The maximum Gasteiger partial charge on any atom is 0.0788 e. The average molecular weight is 854 g/mol. The Balaban J connectivity index is 0.959. The molecule has 0 atom stereocenters. The molecule has 306 valence electrons. The van der Waals surface area contributed by atoms with Gasteiger partial charge in [0.1, 0.15) is 0 Å². The van der Waals surface area contributed by atoms with E-state index in [0.29, 0.717) is 0 Å². The van der Waals surface area contributed by atoms with Crippen LogP contribution in [0.25, 0.3) is 99.0 Å². The number of rotatable bonds is 4. The number of fused-ring (bicyclic) bond motifs is 14. The van der Waals surface area contributed by atoms with E-state index in [0.717, 1.165) is 22.2 Å². The Labute approximate surface area is 387 Å². The fraction of sp³-hybridized carbons (Fsp3) is 0.0156. The minimum atomic E-state index is -0.447. The van der Waals surface area contributed by atoms with Crippen LogP contribution in [0.2, 0.25) is 0 Å². The van der Waals surface area contributed by atoms with E-state index in [1.165, 1.54) is 109 Å². The highest BCUT2D eigenvalue weighted by Crippen LogP contribution is 2.63. The molecule has 0 unspecified atom stereocenters. The fourth-order valence-corrected chi connectivity index (χ4v) is 12.7. The maximum absolute atomic E-state index is 5.50. The number of nitrogens with zero attached hydrogens (tertiary/aromatic N) is 1. The molecule has 12 aromatic rings. The van der Waals surface area contributed by atoms with Crippen molar-refractivity contribution in [3.63, 3.8) is 0 Å². The molecule has 0 amide bonds. The first kappa shape index (κ1) is 37.3. The Bertz CT molecular complexity index is 3840. The number of hydrogen-bond donors (Lipinski definition) is 0. The van der Waals surface area contributed by atoms with E-state index in [1.807, 2.05) is 11.8 Å². The quantitative estimate of drug-likeness (QED) is 0.129. The van der Waals surface area contributed by atoms with Crippen LogP contribution in [0.15, 0.2) is 246 Å². The molecule has 1 aromatic heterocycles. The van der Waals surface area contributed by atoms with Crippen molar-refractivity contribution >= 4 is 55.0 Å². The van der Waals surface area contributed by atoms with Crippen LogP contribution in [0.1, 0.15) is 22.3 Å². The van der Waals surface area contributed by atoms with E-state index in [1.54, 1.807) is 0 Å². The molecular weight excluding hydrogens is 815 g/mol. The first-order valence-corrected chi connectivity index (χ1v) is 23.6. The summed E-state index contributed by atoms with van der Waals surface area (Å²) < 4.78 is 0. The van der Waals surface area contributed by atoms with Crippen molar-refractivity contribution in [3.8, 4) is 55.8 Å². The molecule has 1 aliphatic carbocycles. The second kappa shape index (κ2) is 14.5. The molecule has 0 fully saturated rings.